The quantitative estimate of drug-likeness (QED) is 0.424. The van der Waals surface area contributed by atoms with Crippen molar-refractivity contribution in [3.05, 3.63) is 0 Å². The van der Waals surface area contributed by atoms with Gasteiger partial charge in [-0.15, -0.1) is 0 Å². The van der Waals surface area contributed by atoms with Crippen LogP contribution in [-0.2, 0) is 0 Å². The molecule has 0 rings (SSSR count). The molecule has 0 aliphatic rings. The van der Waals surface area contributed by atoms with Gasteiger partial charge in [-0.25, -0.2) is 0 Å². The molecule has 4 nitrogen and oxygen atoms in total. The summed E-state index contributed by atoms with van der Waals surface area (Å²) in [6, 6.07) is -2.74. The lowest BCUT2D eigenvalue weighted by Gasteiger charge is -2.17. The molecule has 0 saturated carbocycles. The van der Waals surface area contributed by atoms with Gasteiger partial charge in [0.1, 0.15) is 0 Å². The van der Waals surface area contributed by atoms with Crippen LogP contribution >= 0.6 is 0 Å². The van der Waals surface area contributed by atoms with Crippen molar-refractivity contribution in [2.45, 2.75) is 38.8 Å². The number of aliphatic hydroxyl groups is 2. The van der Waals surface area contributed by atoms with E-state index in [9.17, 15) is 10.2 Å². The van der Waals surface area contributed by atoms with E-state index < -0.39 is 38.2 Å². The first-order valence-corrected chi connectivity index (χ1v) is 4.58. The van der Waals surface area contributed by atoms with E-state index in [1.165, 1.54) is 13.8 Å². The third-order valence-electron chi connectivity index (χ3n) is 1.68. The van der Waals surface area contributed by atoms with Crippen molar-refractivity contribution < 1.29 is 21.2 Å². The normalized spacial score (nSPS) is 28.0. The second kappa shape index (κ2) is 9.40. The molecule has 0 aromatic rings. The van der Waals surface area contributed by atoms with Crippen molar-refractivity contribution in [3.8, 4) is 0 Å². The van der Waals surface area contributed by atoms with Crippen LogP contribution in [0.25, 0.3) is 0 Å². The maximum Gasteiger partial charge on any atom is 0.0584 e. The summed E-state index contributed by atoms with van der Waals surface area (Å²) >= 11 is 0. The molecule has 0 fully saturated rings. The molecular formula is C10H24N2O2. The monoisotopic (exact) mass is 212 g/mol. The van der Waals surface area contributed by atoms with Gasteiger partial charge in [-0.2, -0.15) is 0 Å². The van der Waals surface area contributed by atoms with Crippen LogP contribution in [0, 0.1) is 0 Å². The van der Waals surface area contributed by atoms with Gasteiger partial charge in [0.2, 0.25) is 0 Å². The van der Waals surface area contributed by atoms with Crippen molar-refractivity contribution in [2.24, 2.45) is 0 Å². The standard InChI is InChI=1S/C10H24N2O2/c1-3-9(7-13)11-5-6-12-10(4-2)8-14/h9-14H,3-8H2,1-2H3/t9-,10-/m0/s1/i5D2,6D2,7D2,8D2. The summed E-state index contributed by atoms with van der Waals surface area (Å²) in [7, 11) is 0. The summed E-state index contributed by atoms with van der Waals surface area (Å²) < 4.78 is 59.8. The van der Waals surface area contributed by atoms with Crippen LogP contribution in [0.15, 0.2) is 0 Å². The molecule has 0 unspecified atom stereocenters. The Hall–Kier alpha value is -0.160. The van der Waals surface area contributed by atoms with Gasteiger partial charge in [-0.1, -0.05) is 13.8 Å². The van der Waals surface area contributed by atoms with Gasteiger partial charge in [-0.3, -0.25) is 0 Å². The van der Waals surface area contributed by atoms with E-state index in [-0.39, 0.29) is 12.8 Å². The average molecular weight is 212 g/mol. The number of rotatable bonds is 9. The Morgan fingerprint density at radius 2 is 1.36 bits per heavy atom. The number of hydrogen-bond acceptors (Lipinski definition) is 4. The highest BCUT2D eigenvalue weighted by Crippen LogP contribution is 1.89. The van der Waals surface area contributed by atoms with Crippen LogP contribution in [0.3, 0.4) is 0 Å². The number of hydrogen-bond donors (Lipinski definition) is 4. The lowest BCUT2D eigenvalue weighted by Crippen LogP contribution is -2.40. The molecule has 0 aliphatic carbocycles. The van der Waals surface area contributed by atoms with Crippen molar-refractivity contribution in [3.63, 3.8) is 0 Å². The van der Waals surface area contributed by atoms with Gasteiger partial charge in [0, 0.05) is 30.6 Å². The molecule has 2 atom stereocenters. The molecule has 0 aliphatic heterocycles. The van der Waals surface area contributed by atoms with E-state index in [0.29, 0.717) is 0 Å². The molecule has 0 saturated heterocycles. The lowest BCUT2D eigenvalue weighted by molar-refractivity contribution is 0.229. The average Bonchev–Trinajstić information content (AvgIpc) is 2.29. The molecule has 14 heavy (non-hydrogen) atoms. The third kappa shape index (κ3) is 6.32. The van der Waals surface area contributed by atoms with Crippen LogP contribution in [0.4, 0.5) is 0 Å². The predicted molar refractivity (Wildman–Crippen MR) is 58.3 cm³/mol. The van der Waals surface area contributed by atoms with E-state index in [1.807, 2.05) is 0 Å². The molecule has 0 aromatic carbocycles. The zero-order valence-corrected chi connectivity index (χ0v) is 8.46. The second-order valence-corrected chi connectivity index (χ2v) is 2.72. The van der Waals surface area contributed by atoms with E-state index in [1.54, 1.807) is 0 Å². The maximum atomic E-state index is 9.33. The highest BCUT2D eigenvalue weighted by Gasteiger charge is 2.04. The Bertz CT molecular complexity index is 322. The van der Waals surface area contributed by atoms with Gasteiger partial charge >= 0.3 is 0 Å². The van der Waals surface area contributed by atoms with Crippen LogP contribution < -0.4 is 10.6 Å². The zero-order valence-electron chi connectivity index (χ0n) is 16.5. The highest BCUT2D eigenvalue weighted by molar-refractivity contribution is 4.67. The summed E-state index contributed by atoms with van der Waals surface area (Å²) in [6.45, 7) is -8.19. The van der Waals surface area contributed by atoms with Crippen LogP contribution in [0.5, 0.6) is 0 Å². The summed E-state index contributed by atoms with van der Waals surface area (Å²) in [5.74, 6) is 0. The first-order chi connectivity index (χ1) is 9.58. The Balaban J connectivity index is 5.23. The Morgan fingerprint density at radius 1 is 1.00 bits per heavy atom. The van der Waals surface area contributed by atoms with Crippen molar-refractivity contribution >= 4 is 0 Å². The lowest BCUT2D eigenvalue weighted by atomic mass is 10.2. The summed E-state index contributed by atoms with van der Waals surface area (Å²) in [6.07, 6.45) is -0.00571. The largest absolute Gasteiger partial charge is 0.395 e. The van der Waals surface area contributed by atoms with Gasteiger partial charge in [0.25, 0.3) is 0 Å². The van der Waals surface area contributed by atoms with Gasteiger partial charge in [-0.05, 0) is 12.8 Å². The minimum Gasteiger partial charge on any atom is -0.395 e. The second-order valence-electron chi connectivity index (χ2n) is 2.72. The highest BCUT2D eigenvalue weighted by atomic mass is 16.3. The molecule has 0 heterocycles. The fourth-order valence-electron chi connectivity index (χ4n) is 0.698. The summed E-state index contributed by atoms with van der Waals surface area (Å²) in [4.78, 5) is 0. The molecule has 86 valence electrons. The molecular weight excluding hydrogens is 180 g/mol. The van der Waals surface area contributed by atoms with Crippen LogP contribution in [0.2, 0.25) is 0 Å². The van der Waals surface area contributed by atoms with Gasteiger partial charge < -0.3 is 20.8 Å². The van der Waals surface area contributed by atoms with Crippen molar-refractivity contribution in [1.82, 2.24) is 10.6 Å². The summed E-state index contributed by atoms with van der Waals surface area (Å²) in [5.41, 5.74) is 0. The van der Waals surface area contributed by atoms with E-state index in [2.05, 4.69) is 10.6 Å². The van der Waals surface area contributed by atoms with Crippen molar-refractivity contribution in [2.75, 3.05) is 26.1 Å². The third-order valence-corrected chi connectivity index (χ3v) is 1.68. The molecule has 4 N–H and O–H groups in total. The SMILES string of the molecule is [2H]C([2H])(O)[C@H](CC)NC([2H])([2H])C([2H])([2H])N[C@@H](CC)C([2H])([2H])O. The van der Waals surface area contributed by atoms with Gasteiger partial charge in [0.05, 0.1) is 18.6 Å². The first-order valence-electron chi connectivity index (χ1n) is 8.58. The maximum absolute atomic E-state index is 9.33. The van der Waals surface area contributed by atoms with Gasteiger partial charge in [0.15, 0.2) is 0 Å². The molecule has 0 spiro atoms. The molecule has 0 bridgehead atoms. The zero-order chi connectivity index (χ0) is 18.0. The number of nitrogens with one attached hydrogen (secondary N) is 2. The van der Waals surface area contributed by atoms with Crippen LogP contribution in [-0.4, -0.2) is 48.4 Å². The van der Waals surface area contributed by atoms with Crippen molar-refractivity contribution in [1.29, 1.82) is 0 Å². The Labute approximate surface area is 98.0 Å². The topological polar surface area (TPSA) is 64.5 Å². The van der Waals surface area contributed by atoms with Crippen LogP contribution in [0.1, 0.15) is 37.7 Å². The first kappa shape index (κ1) is 5.25. The Kier molecular flexibility index (Phi) is 3.53. The minimum absolute atomic E-state index is 0.00285. The summed E-state index contributed by atoms with van der Waals surface area (Å²) in [5, 5.41) is 22.8. The minimum atomic E-state index is -2.83. The fraction of sp³-hybridized carbons (Fsp3) is 1.00. The molecule has 0 aromatic heterocycles. The predicted octanol–water partition coefficient (Wildman–Crippen LogP) is -0.293. The molecule has 0 amide bonds. The Morgan fingerprint density at radius 3 is 1.57 bits per heavy atom. The van der Waals surface area contributed by atoms with E-state index >= 15 is 0 Å². The van der Waals surface area contributed by atoms with E-state index in [4.69, 9.17) is 11.0 Å². The van der Waals surface area contributed by atoms with E-state index in [0.717, 1.165) is 0 Å². The fourth-order valence-corrected chi connectivity index (χ4v) is 0.698. The smallest absolute Gasteiger partial charge is 0.0584 e. The molecule has 4 heteroatoms. The molecule has 0 radical (unpaired) electrons.